The van der Waals surface area contributed by atoms with E-state index in [4.69, 9.17) is 0 Å². The summed E-state index contributed by atoms with van der Waals surface area (Å²) in [6.07, 6.45) is 13.7. The number of hydrogen-bond donors (Lipinski definition) is 2. The molecule has 0 bridgehead atoms. The number of rotatable bonds is 13. The van der Waals surface area contributed by atoms with Crippen LogP contribution in [0, 0.1) is 24.7 Å². The molecule has 34 heavy (non-hydrogen) atoms. The van der Waals surface area contributed by atoms with Crippen molar-refractivity contribution in [2.24, 2.45) is 17.8 Å². The van der Waals surface area contributed by atoms with Crippen molar-refractivity contribution in [3.05, 3.63) is 59.2 Å². The van der Waals surface area contributed by atoms with E-state index in [1.54, 1.807) is 0 Å². The Labute approximate surface area is 206 Å². The average molecular weight is 468 g/mol. The molecule has 0 aromatic heterocycles. The van der Waals surface area contributed by atoms with E-state index in [9.17, 15) is 15.0 Å². The Morgan fingerprint density at radius 1 is 1.21 bits per heavy atom. The Kier molecular flexibility index (Phi) is 10.4. The van der Waals surface area contributed by atoms with Crippen molar-refractivity contribution >= 4 is 5.91 Å². The molecule has 2 N–H and O–H groups in total. The number of aryl methyl sites for hydroxylation is 1. The van der Waals surface area contributed by atoms with E-state index in [0.29, 0.717) is 30.6 Å². The Hall–Kier alpha value is -1.91. The number of aliphatic hydroxyl groups is 2. The van der Waals surface area contributed by atoms with Gasteiger partial charge in [0.1, 0.15) is 0 Å². The predicted octanol–water partition coefficient (Wildman–Crippen LogP) is 5.61. The second-order valence-electron chi connectivity index (χ2n) is 10.5. The third-order valence-electron chi connectivity index (χ3n) is 7.51. The van der Waals surface area contributed by atoms with Gasteiger partial charge in [-0.25, -0.2) is 0 Å². The molecule has 1 aromatic carbocycles. The number of aliphatic hydroxyl groups excluding tert-OH is 2. The highest BCUT2D eigenvalue weighted by molar-refractivity contribution is 5.76. The van der Waals surface area contributed by atoms with Crippen LogP contribution in [0.4, 0.5) is 0 Å². The fraction of sp³-hybridized carbons (Fsp3) is 0.633. The lowest BCUT2D eigenvalue weighted by atomic mass is 9.88. The van der Waals surface area contributed by atoms with Crippen molar-refractivity contribution in [2.75, 3.05) is 13.1 Å². The smallest absolute Gasteiger partial charge is 0.222 e. The molecule has 5 atom stereocenters. The summed E-state index contributed by atoms with van der Waals surface area (Å²) in [6.45, 7) is 8.07. The molecule has 4 nitrogen and oxygen atoms in total. The van der Waals surface area contributed by atoms with Crippen LogP contribution in [0.2, 0.25) is 0 Å². The van der Waals surface area contributed by atoms with Crippen LogP contribution < -0.4 is 0 Å². The fourth-order valence-electron chi connectivity index (χ4n) is 5.88. The maximum Gasteiger partial charge on any atom is 0.222 e. The summed E-state index contributed by atoms with van der Waals surface area (Å²) in [4.78, 5) is 14.5. The number of carbonyl (C=O) groups is 1. The maximum atomic E-state index is 12.5. The van der Waals surface area contributed by atoms with E-state index >= 15 is 0 Å². The van der Waals surface area contributed by atoms with Crippen molar-refractivity contribution in [3.8, 4) is 0 Å². The van der Waals surface area contributed by atoms with Gasteiger partial charge in [0.25, 0.3) is 0 Å². The van der Waals surface area contributed by atoms with Crippen molar-refractivity contribution in [2.45, 2.75) is 90.8 Å². The van der Waals surface area contributed by atoms with Gasteiger partial charge in [-0.05, 0) is 69.3 Å². The van der Waals surface area contributed by atoms with Gasteiger partial charge in [0.2, 0.25) is 5.91 Å². The highest BCUT2D eigenvalue weighted by Gasteiger charge is 2.43. The van der Waals surface area contributed by atoms with E-state index in [1.807, 2.05) is 17.0 Å². The molecule has 0 aliphatic heterocycles. The molecule has 0 spiro atoms. The van der Waals surface area contributed by atoms with Gasteiger partial charge < -0.3 is 15.1 Å². The minimum Gasteiger partial charge on any atom is -0.392 e. The Balaban J connectivity index is 1.43. The number of allylic oxidation sites excluding steroid dienone is 2. The second-order valence-corrected chi connectivity index (χ2v) is 10.5. The third-order valence-corrected chi connectivity index (χ3v) is 7.51. The first-order valence-corrected chi connectivity index (χ1v) is 13.5. The van der Waals surface area contributed by atoms with Crippen LogP contribution in [0.15, 0.2) is 48.1 Å². The average Bonchev–Trinajstić information content (AvgIpc) is 3.31. The van der Waals surface area contributed by atoms with Crippen LogP contribution in [0.5, 0.6) is 0 Å². The van der Waals surface area contributed by atoms with Gasteiger partial charge in [-0.1, -0.05) is 67.5 Å². The first kappa shape index (κ1) is 26.7. The lowest BCUT2D eigenvalue weighted by Gasteiger charge is -2.21. The number of fused-ring (bicyclic) bond motifs is 1. The molecule has 4 heteroatoms. The van der Waals surface area contributed by atoms with Crippen molar-refractivity contribution in [3.63, 3.8) is 0 Å². The zero-order valence-electron chi connectivity index (χ0n) is 21.5. The van der Waals surface area contributed by atoms with Crippen LogP contribution in [0.3, 0.4) is 0 Å². The zero-order chi connectivity index (χ0) is 24.5. The summed E-state index contributed by atoms with van der Waals surface area (Å²) in [5, 5.41) is 21.1. The van der Waals surface area contributed by atoms with E-state index < -0.39 is 6.10 Å². The topological polar surface area (TPSA) is 60.8 Å². The SMILES string of the molecule is CCCN(CCC)C(=O)CCCCC1=C[C@H]2C[C@@H](O)[C@H](/C=C/[C@H](O)Cc3cccc(C)c3)[C@H]2C1. The molecule has 2 aliphatic carbocycles. The maximum absolute atomic E-state index is 12.5. The van der Waals surface area contributed by atoms with Crippen LogP contribution >= 0.6 is 0 Å². The third kappa shape index (κ3) is 7.55. The molecular weight excluding hydrogens is 422 g/mol. The zero-order valence-corrected chi connectivity index (χ0v) is 21.5. The summed E-state index contributed by atoms with van der Waals surface area (Å²) in [7, 11) is 0. The first-order valence-electron chi connectivity index (χ1n) is 13.5. The molecule has 0 heterocycles. The summed E-state index contributed by atoms with van der Waals surface area (Å²) >= 11 is 0. The molecule has 188 valence electrons. The van der Waals surface area contributed by atoms with Gasteiger partial charge in [0.05, 0.1) is 12.2 Å². The number of amides is 1. The lowest BCUT2D eigenvalue weighted by molar-refractivity contribution is -0.131. The van der Waals surface area contributed by atoms with Crippen LogP contribution in [0.25, 0.3) is 0 Å². The van der Waals surface area contributed by atoms with Crippen LogP contribution in [0.1, 0.15) is 76.3 Å². The highest BCUT2D eigenvalue weighted by atomic mass is 16.3. The summed E-state index contributed by atoms with van der Waals surface area (Å²) in [6, 6.07) is 8.26. The molecule has 0 radical (unpaired) electrons. The van der Waals surface area contributed by atoms with E-state index in [0.717, 1.165) is 63.6 Å². The summed E-state index contributed by atoms with van der Waals surface area (Å²) in [5.41, 5.74) is 3.83. The largest absolute Gasteiger partial charge is 0.392 e. The van der Waals surface area contributed by atoms with Crippen molar-refractivity contribution in [1.82, 2.24) is 4.90 Å². The molecule has 0 saturated heterocycles. The number of benzene rings is 1. The van der Waals surface area contributed by atoms with Crippen molar-refractivity contribution < 1.29 is 15.0 Å². The summed E-state index contributed by atoms with van der Waals surface area (Å²) in [5.74, 6) is 1.31. The molecule has 1 fully saturated rings. The fourth-order valence-corrected chi connectivity index (χ4v) is 5.88. The molecule has 2 aliphatic rings. The molecular formula is C30H45NO3. The molecule has 1 amide bonds. The van der Waals surface area contributed by atoms with Crippen molar-refractivity contribution in [1.29, 1.82) is 0 Å². The van der Waals surface area contributed by atoms with Gasteiger partial charge in [-0.2, -0.15) is 0 Å². The Morgan fingerprint density at radius 2 is 1.97 bits per heavy atom. The normalized spacial score (nSPS) is 24.9. The van der Waals surface area contributed by atoms with E-state index in [-0.39, 0.29) is 12.0 Å². The molecule has 1 aromatic rings. The quantitative estimate of drug-likeness (QED) is 0.293. The number of carbonyl (C=O) groups excluding carboxylic acids is 1. The predicted molar refractivity (Wildman–Crippen MR) is 139 cm³/mol. The monoisotopic (exact) mass is 467 g/mol. The van der Waals surface area contributed by atoms with Gasteiger partial charge in [-0.15, -0.1) is 0 Å². The van der Waals surface area contributed by atoms with Gasteiger partial charge in [0.15, 0.2) is 0 Å². The standard InChI is InChI=1S/C30H45NO3/c1-4-15-31(16-5-2)30(34)12-7-6-10-24-18-25-21-29(33)27(28(25)20-24)14-13-26(32)19-23-11-8-9-22(3)17-23/h8-9,11,13-14,17-18,25-29,32-33H,4-7,10,12,15-16,19-21H2,1-3H3/b14-13+/t25-,26-,27+,28-,29+/m0/s1. The van der Waals surface area contributed by atoms with Gasteiger partial charge >= 0.3 is 0 Å². The minimum atomic E-state index is -0.528. The van der Waals surface area contributed by atoms with E-state index in [1.165, 1.54) is 11.1 Å². The van der Waals surface area contributed by atoms with Crippen LogP contribution in [-0.2, 0) is 11.2 Å². The second kappa shape index (κ2) is 13.3. The van der Waals surface area contributed by atoms with E-state index in [2.05, 4.69) is 51.1 Å². The van der Waals surface area contributed by atoms with Gasteiger partial charge in [-0.3, -0.25) is 4.79 Å². The molecule has 1 saturated carbocycles. The molecule has 3 rings (SSSR count). The Morgan fingerprint density at radius 3 is 2.68 bits per heavy atom. The number of unbranched alkanes of at least 4 members (excludes halogenated alkanes) is 1. The number of nitrogens with zero attached hydrogens (tertiary/aromatic N) is 1. The summed E-state index contributed by atoms with van der Waals surface area (Å²) < 4.78 is 0. The van der Waals surface area contributed by atoms with Crippen LogP contribution in [-0.4, -0.2) is 46.3 Å². The van der Waals surface area contributed by atoms with Gasteiger partial charge in [0, 0.05) is 31.8 Å². The minimum absolute atomic E-state index is 0.115. The number of hydrogen-bond acceptors (Lipinski definition) is 3. The first-order chi connectivity index (χ1) is 16.4. The Bertz CT molecular complexity index is 839. The molecule has 0 unspecified atom stereocenters. The highest BCUT2D eigenvalue weighted by Crippen LogP contribution is 2.48. The lowest BCUT2D eigenvalue weighted by Crippen LogP contribution is -2.32.